The highest BCUT2D eigenvalue weighted by Crippen LogP contribution is 2.34. The number of carbonyl (C=O) groups is 1. The minimum absolute atomic E-state index is 0.104. The van der Waals surface area contributed by atoms with Crippen LogP contribution in [0.15, 0.2) is 12.1 Å². The summed E-state index contributed by atoms with van der Waals surface area (Å²) in [6.45, 7) is 0.0153. The molecule has 1 aliphatic rings. The molecule has 1 atom stereocenters. The summed E-state index contributed by atoms with van der Waals surface area (Å²) in [5.41, 5.74) is 2.51. The normalized spacial score (nSPS) is 16.6. The Morgan fingerprint density at radius 3 is 3.00 bits per heavy atom. The van der Waals surface area contributed by atoms with E-state index in [2.05, 4.69) is 11.4 Å². The first kappa shape index (κ1) is 13.4. The van der Waals surface area contributed by atoms with Crippen molar-refractivity contribution in [2.45, 2.75) is 12.8 Å². The number of nitrogens with one attached hydrogen (secondary N) is 1. The summed E-state index contributed by atoms with van der Waals surface area (Å²) in [7, 11) is 1.53. The van der Waals surface area contributed by atoms with Gasteiger partial charge in [0.05, 0.1) is 5.56 Å². The molecule has 100 valence electrons. The van der Waals surface area contributed by atoms with Crippen molar-refractivity contribution in [3.63, 3.8) is 0 Å². The number of amides is 1. The van der Waals surface area contributed by atoms with Gasteiger partial charge in [-0.2, -0.15) is 5.26 Å². The molecule has 0 spiro atoms. The lowest BCUT2D eigenvalue weighted by Gasteiger charge is -2.10. The van der Waals surface area contributed by atoms with Gasteiger partial charge in [-0.15, -0.1) is 0 Å². The average Bonchev–Trinajstić information content (AvgIpc) is 2.87. The van der Waals surface area contributed by atoms with Crippen molar-refractivity contribution in [3.8, 4) is 11.8 Å². The highest BCUT2D eigenvalue weighted by molar-refractivity contribution is 5.77. The summed E-state index contributed by atoms with van der Waals surface area (Å²) in [5, 5.41) is 20.9. The van der Waals surface area contributed by atoms with Gasteiger partial charge >= 0.3 is 0 Å². The zero-order chi connectivity index (χ0) is 13.8. The second-order valence-electron chi connectivity index (χ2n) is 4.61. The number of aliphatic hydroxyl groups is 1. The van der Waals surface area contributed by atoms with Gasteiger partial charge in [0, 0.05) is 13.7 Å². The number of fused-ring (bicyclic) bond motifs is 1. The molecule has 0 saturated carbocycles. The Bertz CT molecular complexity index is 534. The van der Waals surface area contributed by atoms with Crippen molar-refractivity contribution in [1.29, 1.82) is 5.26 Å². The fourth-order valence-corrected chi connectivity index (χ4v) is 2.35. The maximum absolute atomic E-state index is 11.2. The van der Waals surface area contributed by atoms with Gasteiger partial charge in [0.2, 0.25) is 0 Å². The van der Waals surface area contributed by atoms with E-state index >= 15 is 0 Å². The smallest absolute Gasteiger partial charge is 0.257 e. The van der Waals surface area contributed by atoms with Crippen LogP contribution in [0.1, 0.15) is 16.7 Å². The molecule has 1 aliphatic carbocycles. The van der Waals surface area contributed by atoms with Gasteiger partial charge in [0.25, 0.3) is 5.91 Å². The Balaban J connectivity index is 2.23. The second-order valence-corrected chi connectivity index (χ2v) is 4.61. The lowest BCUT2D eigenvalue weighted by Crippen LogP contribution is -2.25. The molecule has 2 N–H and O–H groups in total. The molecule has 0 radical (unpaired) electrons. The topological polar surface area (TPSA) is 82.3 Å². The fourth-order valence-electron chi connectivity index (χ4n) is 2.35. The third-order valence-electron chi connectivity index (χ3n) is 3.38. The molecule has 1 aromatic carbocycles. The number of aliphatic hydroxyl groups excluding tert-OH is 1. The van der Waals surface area contributed by atoms with Crippen molar-refractivity contribution in [2.24, 2.45) is 5.92 Å². The van der Waals surface area contributed by atoms with E-state index in [0.717, 1.165) is 17.5 Å². The van der Waals surface area contributed by atoms with E-state index in [9.17, 15) is 15.2 Å². The number of nitrogens with zero attached hydrogens (tertiary/aromatic N) is 1. The molecule has 0 bridgehead atoms. The van der Waals surface area contributed by atoms with Crippen molar-refractivity contribution >= 4 is 5.91 Å². The molecule has 2 rings (SSSR count). The number of nitriles is 1. The summed E-state index contributed by atoms with van der Waals surface area (Å²) < 4.78 is 5.38. The fraction of sp³-hybridized carbons (Fsp3) is 0.429. The highest BCUT2D eigenvalue weighted by Gasteiger charge is 2.25. The summed E-state index contributed by atoms with van der Waals surface area (Å²) >= 11 is 0. The molecular formula is C14H16N2O3. The minimum Gasteiger partial charge on any atom is -0.482 e. The summed E-state index contributed by atoms with van der Waals surface area (Å²) in [6, 6.07) is 5.77. The lowest BCUT2D eigenvalue weighted by molar-refractivity contribution is -0.122. The van der Waals surface area contributed by atoms with Gasteiger partial charge in [0.1, 0.15) is 11.8 Å². The predicted molar refractivity (Wildman–Crippen MR) is 68.7 cm³/mol. The SMILES string of the molecule is CNC(=O)COc1ccc2c(c1C#N)CC(CO)C2. The third-order valence-corrected chi connectivity index (χ3v) is 3.38. The Labute approximate surface area is 111 Å². The van der Waals surface area contributed by atoms with Crippen LogP contribution in [0.3, 0.4) is 0 Å². The highest BCUT2D eigenvalue weighted by atomic mass is 16.5. The van der Waals surface area contributed by atoms with Crippen molar-refractivity contribution in [3.05, 3.63) is 28.8 Å². The van der Waals surface area contributed by atoms with E-state index in [1.54, 1.807) is 6.07 Å². The first-order valence-corrected chi connectivity index (χ1v) is 6.18. The van der Waals surface area contributed by atoms with E-state index in [-0.39, 0.29) is 25.0 Å². The number of benzene rings is 1. The van der Waals surface area contributed by atoms with Crippen LogP contribution in [-0.4, -0.2) is 31.3 Å². The van der Waals surface area contributed by atoms with Crippen LogP contribution in [0.4, 0.5) is 0 Å². The number of carbonyl (C=O) groups excluding carboxylic acids is 1. The Morgan fingerprint density at radius 2 is 2.37 bits per heavy atom. The van der Waals surface area contributed by atoms with E-state index in [0.29, 0.717) is 17.7 Å². The van der Waals surface area contributed by atoms with E-state index < -0.39 is 0 Å². The quantitative estimate of drug-likeness (QED) is 0.820. The van der Waals surface area contributed by atoms with Gasteiger partial charge in [0.15, 0.2) is 6.61 Å². The van der Waals surface area contributed by atoms with Crippen LogP contribution >= 0.6 is 0 Å². The molecule has 19 heavy (non-hydrogen) atoms. The standard InChI is InChI=1S/C14H16N2O3/c1-16-14(18)8-19-13-3-2-10-4-9(7-17)5-11(10)12(13)6-15/h2-3,9,17H,4-5,7-8H2,1H3,(H,16,18). The van der Waals surface area contributed by atoms with Crippen molar-refractivity contribution in [2.75, 3.05) is 20.3 Å². The Kier molecular flexibility index (Phi) is 4.03. The van der Waals surface area contributed by atoms with E-state index in [1.807, 2.05) is 6.07 Å². The first-order chi connectivity index (χ1) is 9.19. The van der Waals surface area contributed by atoms with Crippen LogP contribution in [0.2, 0.25) is 0 Å². The number of rotatable bonds is 4. The molecule has 5 heteroatoms. The van der Waals surface area contributed by atoms with Crippen LogP contribution < -0.4 is 10.1 Å². The molecular weight excluding hydrogens is 244 g/mol. The molecule has 0 aromatic heterocycles. The van der Waals surface area contributed by atoms with Gasteiger partial charge < -0.3 is 15.2 Å². The van der Waals surface area contributed by atoms with Crippen LogP contribution in [0.25, 0.3) is 0 Å². The zero-order valence-corrected chi connectivity index (χ0v) is 10.8. The lowest BCUT2D eigenvalue weighted by atomic mass is 10.0. The monoisotopic (exact) mass is 260 g/mol. The number of hydrogen-bond acceptors (Lipinski definition) is 4. The maximum atomic E-state index is 11.2. The average molecular weight is 260 g/mol. The molecule has 1 amide bonds. The predicted octanol–water partition coefficient (Wildman–Crippen LogP) is 0.390. The van der Waals surface area contributed by atoms with Crippen molar-refractivity contribution in [1.82, 2.24) is 5.32 Å². The maximum Gasteiger partial charge on any atom is 0.257 e. The Hall–Kier alpha value is -2.06. The summed E-state index contributed by atoms with van der Waals surface area (Å²) in [5.74, 6) is 0.373. The molecule has 1 aromatic rings. The minimum atomic E-state index is -0.238. The van der Waals surface area contributed by atoms with Gasteiger partial charge in [-0.05, 0) is 36.0 Å². The van der Waals surface area contributed by atoms with E-state index in [1.165, 1.54) is 7.05 Å². The van der Waals surface area contributed by atoms with Crippen molar-refractivity contribution < 1.29 is 14.6 Å². The van der Waals surface area contributed by atoms with E-state index in [4.69, 9.17) is 4.74 Å². The first-order valence-electron chi connectivity index (χ1n) is 6.18. The molecule has 0 saturated heterocycles. The number of likely N-dealkylation sites (N-methyl/N-ethyl adjacent to an activating group) is 1. The third kappa shape index (κ3) is 2.69. The van der Waals surface area contributed by atoms with Gasteiger partial charge in [-0.3, -0.25) is 4.79 Å². The molecule has 0 heterocycles. The van der Waals surface area contributed by atoms with Crippen LogP contribution in [-0.2, 0) is 17.6 Å². The largest absolute Gasteiger partial charge is 0.482 e. The van der Waals surface area contributed by atoms with Gasteiger partial charge in [-0.1, -0.05) is 6.07 Å². The molecule has 5 nitrogen and oxygen atoms in total. The molecule has 1 unspecified atom stereocenters. The number of hydrogen-bond donors (Lipinski definition) is 2. The Morgan fingerprint density at radius 1 is 1.58 bits per heavy atom. The second kappa shape index (κ2) is 5.72. The molecule has 0 fully saturated rings. The summed E-state index contributed by atoms with van der Waals surface area (Å²) in [6.07, 6.45) is 1.47. The number of ether oxygens (including phenoxy) is 1. The summed E-state index contributed by atoms with van der Waals surface area (Å²) in [4.78, 5) is 11.2. The van der Waals surface area contributed by atoms with Crippen LogP contribution in [0.5, 0.6) is 5.75 Å². The molecule has 0 aliphatic heterocycles. The zero-order valence-electron chi connectivity index (χ0n) is 10.8. The van der Waals surface area contributed by atoms with Crippen LogP contribution in [0, 0.1) is 17.2 Å². The van der Waals surface area contributed by atoms with Gasteiger partial charge in [-0.25, -0.2) is 0 Å².